The van der Waals surface area contributed by atoms with Gasteiger partial charge in [0.2, 0.25) is 5.13 Å². The molecule has 1 unspecified atom stereocenters. The molecule has 1 fully saturated rings. The Morgan fingerprint density at radius 3 is 2.93 bits per heavy atom. The van der Waals surface area contributed by atoms with Crippen LogP contribution in [0.15, 0.2) is 22.7 Å². The predicted molar refractivity (Wildman–Crippen MR) is 115 cm³/mol. The largest absolute Gasteiger partial charge is 0.361 e. The highest BCUT2D eigenvalue weighted by molar-refractivity contribution is 7.15. The molecule has 1 aliphatic heterocycles. The first-order valence-electron chi connectivity index (χ1n) is 10.3. The smallest absolute Gasteiger partial charge is 0.259 e. The van der Waals surface area contributed by atoms with E-state index in [1.807, 2.05) is 36.9 Å². The summed E-state index contributed by atoms with van der Waals surface area (Å²) in [6.07, 6.45) is 2.67. The summed E-state index contributed by atoms with van der Waals surface area (Å²) >= 11 is 1.52. The molecule has 4 heterocycles. The maximum Gasteiger partial charge on any atom is 0.259 e. The molecule has 4 rings (SSSR count). The molecule has 1 amide bonds. The van der Waals surface area contributed by atoms with Crippen LogP contribution < -0.4 is 5.32 Å². The number of hydrogen-bond acceptors (Lipinski definition) is 8. The van der Waals surface area contributed by atoms with Crippen LogP contribution in [0.1, 0.15) is 78.1 Å². The van der Waals surface area contributed by atoms with Gasteiger partial charge in [-0.25, -0.2) is 4.98 Å². The van der Waals surface area contributed by atoms with E-state index in [0.29, 0.717) is 23.7 Å². The Labute approximate surface area is 179 Å². The Hall–Kier alpha value is -2.81. The second-order valence-corrected chi connectivity index (χ2v) is 8.80. The van der Waals surface area contributed by atoms with Crippen LogP contribution in [0.4, 0.5) is 10.9 Å². The quantitative estimate of drug-likeness (QED) is 0.613. The van der Waals surface area contributed by atoms with Crippen LogP contribution >= 0.6 is 11.3 Å². The molecule has 158 valence electrons. The second kappa shape index (κ2) is 8.51. The summed E-state index contributed by atoms with van der Waals surface area (Å²) in [7, 11) is 0. The van der Waals surface area contributed by atoms with Crippen LogP contribution in [0.3, 0.4) is 0 Å². The van der Waals surface area contributed by atoms with Gasteiger partial charge in [-0.15, -0.1) is 10.2 Å². The van der Waals surface area contributed by atoms with Crippen molar-refractivity contribution in [2.45, 2.75) is 58.9 Å². The van der Waals surface area contributed by atoms with Crippen LogP contribution in [0.25, 0.3) is 0 Å². The van der Waals surface area contributed by atoms with E-state index in [4.69, 9.17) is 9.51 Å². The summed E-state index contributed by atoms with van der Waals surface area (Å²) in [6, 6.07) is 5.76. The first-order chi connectivity index (χ1) is 14.5. The molecule has 9 heteroatoms. The van der Waals surface area contributed by atoms with Crippen molar-refractivity contribution in [2.75, 3.05) is 11.9 Å². The number of rotatable bonds is 6. The van der Waals surface area contributed by atoms with Gasteiger partial charge in [-0.1, -0.05) is 43.3 Å². The second-order valence-electron chi connectivity index (χ2n) is 7.74. The molecule has 1 saturated heterocycles. The van der Waals surface area contributed by atoms with Crippen LogP contribution in [0, 0.1) is 6.92 Å². The number of carbonyl (C=O) groups is 1. The highest BCUT2D eigenvalue weighted by Gasteiger charge is 2.35. The van der Waals surface area contributed by atoms with Crippen molar-refractivity contribution in [3.63, 3.8) is 0 Å². The van der Waals surface area contributed by atoms with Crippen molar-refractivity contribution < 1.29 is 9.32 Å². The molecule has 0 aromatic carbocycles. The summed E-state index contributed by atoms with van der Waals surface area (Å²) in [5, 5.41) is 17.3. The zero-order valence-electron chi connectivity index (χ0n) is 17.7. The molecule has 0 radical (unpaired) electrons. The maximum absolute atomic E-state index is 13.4. The lowest BCUT2D eigenvalue weighted by Crippen LogP contribution is -2.32. The molecule has 0 bridgehead atoms. The standard InChI is InChI=1S/C21H26N6O2S/c1-5-17-24-25-21(30-17)23-16-10-6-8-14(22-16)15-9-7-11-27(15)20(28)18-13(4)29-26-19(18)12(2)3/h6,8,10,12,15H,5,7,9,11H2,1-4H3,(H,22,23,25). The first kappa shape index (κ1) is 20.5. The highest BCUT2D eigenvalue weighted by atomic mass is 32.1. The van der Waals surface area contributed by atoms with Gasteiger partial charge in [0.15, 0.2) is 0 Å². The third-order valence-electron chi connectivity index (χ3n) is 5.28. The van der Waals surface area contributed by atoms with E-state index >= 15 is 0 Å². The van der Waals surface area contributed by atoms with Crippen LogP contribution in [0.5, 0.6) is 0 Å². The number of amides is 1. The minimum Gasteiger partial charge on any atom is -0.361 e. The zero-order valence-corrected chi connectivity index (χ0v) is 18.5. The molecule has 8 nitrogen and oxygen atoms in total. The zero-order chi connectivity index (χ0) is 21.3. The number of aromatic nitrogens is 4. The Kier molecular flexibility index (Phi) is 5.80. The van der Waals surface area contributed by atoms with Gasteiger partial charge >= 0.3 is 0 Å². The van der Waals surface area contributed by atoms with Crippen molar-refractivity contribution in [3.05, 3.63) is 45.9 Å². The number of nitrogens with zero attached hydrogens (tertiary/aromatic N) is 5. The summed E-state index contributed by atoms with van der Waals surface area (Å²) in [4.78, 5) is 20.1. The van der Waals surface area contributed by atoms with Gasteiger partial charge in [0.25, 0.3) is 5.91 Å². The molecule has 0 aliphatic carbocycles. The molecular weight excluding hydrogens is 400 g/mol. The Balaban J connectivity index is 1.58. The van der Waals surface area contributed by atoms with Crippen LogP contribution in [-0.4, -0.2) is 37.7 Å². The molecular formula is C21H26N6O2S. The number of carbonyl (C=O) groups excluding carboxylic acids is 1. The third kappa shape index (κ3) is 3.94. The third-order valence-corrected chi connectivity index (χ3v) is 6.26. The van der Waals surface area contributed by atoms with Crippen molar-refractivity contribution >= 4 is 28.2 Å². The Morgan fingerprint density at radius 2 is 2.20 bits per heavy atom. The van der Waals surface area contributed by atoms with Crippen LogP contribution in [-0.2, 0) is 6.42 Å². The molecule has 1 atom stereocenters. The van der Waals surface area contributed by atoms with E-state index in [2.05, 4.69) is 27.6 Å². The van der Waals surface area contributed by atoms with E-state index in [9.17, 15) is 4.79 Å². The number of likely N-dealkylation sites (tertiary alicyclic amines) is 1. The molecule has 1 N–H and O–H groups in total. The summed E-state index contributed by atoms with van der Waals surface area (Å²) in [5.74, 6) is 1.36. The van der Waals surface area contributed by atoms with Crippen molar-refractivity contribution in [1.29, 1.82) is 0 Å². The average molecular weight is 427 g/mol. The predicted octanol–water partition coefficient (Wildman–Crippen LogP) is 4.64. The number of nitrogens with one attached hydrogen (secondary N) is 1. The van der Waals surface area contributed by atoms with Crippen molar-refractivity contribution in [2.24, 2.45) is 0 Å². The minimum atomic E-state index is -0.0748. The van der Waals surface area contributed by atoms with Crippen molar-refractivity contribution in [3.8, 4) is 0 Å². The van der Waals surface area contributed by atoms with Gasteiger partial charge in [0.1, 0.15) is 22.1 Å². The molecule has 3 aromatic heterocycles. The Morgan fingerprint density at radius 1 is 1.37 bits per heavy atom. The van der Waals surface area contributed by atoms with Gasteiger partial charge in [-0.05, 0) is 44.2 Å². The number of anilines is 2. The number of hydrogen-bond donors (Lipinski definition) is 1. The fraction of sp³-hybridized carbons (Fsp3) is 0.476. The molecule has 3 aromatic rings. The van der Waals surface area contributed by atoms with Crippen molar-refractivity contribution in [1.82, 2.24) is 25.2 Å². The number of aryl methyl sites for hydroxylation is 2. The van der Waals surface area contributed by atoms with Gasteiger partial charge < -0.3 is 14.7 Å². The molecule has 0 saturated carbocycles. The molecule has 0 spiro atoms. The lowest BCUT2D eigenvalue weighted by atomic mass is 10.0. The fourth-order valence-electron chi connectivity index (χ4n) is 3.77. The Bertz CT molecular complexity index is 1040. The molecule has 30 heavy (non-hydrogen) atoms. The van der Waals surface area contributed by atoms with E-state index < -0.39 is 0 Å². The maximum atomic E-state index is 13.4. The summed E-state index contributed by atoms with van der Waals surface area (Å²) in [5.41, 5.74) is 2.17. The average Bonchev–Trinajstić information content (AvgIpc) is 3.47. The summed E-state index contributed by atoms with van der Waals surface area (Å²) in [6.45, 7) is 8.58. The van der Waals surface area contributed by atoms with E-state index in [1.165, 1.54) is 11.3 Å². The SMILES string of the molecule is CCc1nnc(Nc2cccc(C3CCCN3C(=O)c3c(C(C)C)noc3C)n2)s1. The topological polar surface area (TPSA) is 97.0 Å². The molecule has 1 aliphatic rings. The lowest BCUT2D eigenvalue weighted by molar-refractivity contribution is 0.0730. The van der Waals surface area contributed by atoms with E-state index in [1.54, 1.807) is 6.92 Å². The monoisotopic (exact) mass is 426 g/mol. The van der Waals surface area contributed by atoms with Gasteiger partial charge in [-0.2, -0.15) is 0 Å². The summed E-state index contributed by atoms with van der Waals surface area (Å²) < 4.78 is 5.34. The van der Waals surface area contributed by atoms with E-state index in [0.717, 1.165) is 40.8 Å². The normalized spacial score (nSPS) is 16.4. The lowest BCUT2D eigenvalue weighted by Gasteiger charge is -2.25. The van der Waals surface area contributed by atoms with Gasteiger partial charge in [0, 0.05) is 6.54 Å². The van der Waals surface area contributed by atoms with Gasteiger partial charge in [0.05, 0.1) is 17.4 Å². The van der Waals surface area contributed by atoms with Gasteiger partial charge in [-0.3, -0.25) is 4.79 Å². The fourth-order valence-corrected chi connectivity index (χ4v) is 4.45. The minimum absolute atomic E-state index is 0.0307. The van der Waals surface area contributed by atoms with E-state index in [-0.39, 0.29) is 17.9 Å². The highest BCUT2D eigenvalue weighted by Crippen LogP contribution is 2.35. The van der Waals surface area contributed by atoms with Crippen LogP contribution in [0.2, 0.25) is 0 Å². The first-order valence-corrected chi connectivity index (χ1v) is 11.1. The number of pyridine rings is 1.